The molecule has 4 rings (SSSR count). The molecule has 0 radical (unpaired) electrons. The zero-order valence-electron chi connectivity index (χ0n) is 19.2. The number of aliphatic hydroxyl groups excluding tert-OH is 3. The first-order valence-corrected chi connectivity index (χ1v) is 12.2. The van der Waals surface area contributed by atoms with Crippen LogP contribution in [0.5, 0.6) is 0 Å². The summed E-state index contributed by atoms with van der Waals surface area (Å²) in [6.07, 6.45) is 6.60. The fourth-order valence-corrected chi connectivity index (χ4v) is 8.78. The van der Waals surface area contributed by atoms with Gasteiger partial charge in [-0.2, -0.15) is 0 Å². The molecule has 0 aromatic heterocycles. The summed E-state index contributed by atoms with van der Waals surface area (Å²) in [7, 11) is 1.44. The molecule has 5 heteroatoms. The first kappa shape index (κ1) is 22.5. The normalized spacial score (nSPS) is 51.4. The summed E-state index contributed by atoms with van der Waals surface area (Å²) in [6.45, 7) is 6.85. The molecule has 4 aliphatic rings. The first-order chi connectivity index (χ1) is 14.1. The number of rotatable bonds is 4. The third-order valence-corrected chi connectivity index (χ3v) is 10.6. The molecule has 172 valence electrons. The predicted octanol–water partition coefficient (Wildman–Crippen LogP) is 3.54. The number of carbonyl (C=O) groups is 1. The van der Waals surface area contributed by atoms with Crippen LogP contribution < -0.4 is 0 Å². The molecule has 30 heavy (non-hydrogen) atoms. The minimum Gasteiger partial charge on any atom is -0.469 e. The number of methoxy groups -OCH3 is 1. The van der Waals surface area contributed by atoms with Crippen LogP contribution in [0.4, 0.5) is 0 Å². The highest BCUT2D eigenvalue weighted by molar-refractivity contribution is 5.69. The standard InChI is InChI=1S/C25H42O5/c1-14(5-8-22(29)30-4)17-6-7-18-23-19(13-21(28)25(17,18)3)24(2)10-9-16(26)11-15(24)12-20(23)27/h14-21,23,26-28H,5-13H2,1-4H3/t14-,15+,16-,17-,18+,19+,20?,21+,23?,24+,25-/m1/s1. The quantitative estimate of drug-likeness (QED) is 0.603. The van der Waals surface area contributed by atoms with Crippen molar-refractivity contribution in [1.29, 1.82) is 0 Å². The molecule has 0 aliphatic heterocycles. The number of aliphatic hydroxyl groups is 3. The zero-order valence-corrected chi connectivity index (χ0v) is 19.2. The van der Waals surface area contributed by atoms with Gasteiger partial charge < -0.3 is 20.1 Å². The third-order valence-electron chi connectivity index (χ3n) is 10.6. The molecular formula is C25H42O5. The lowest BCUT2D eigenvalue weighted by Crippen LogP contribution is -2.62. The Morgan fingerprint density at radius 1 is 1.07 bits per heavy atom. The van der Waals surface area contributed by atoms with Gasteiger partial charge in [0, 0.05) is 6.42 Å². The fraction of sp³-hybridized carbons (Fsp3) is 0.960. The minimum absolute atomic E-state index is 0.111. The van der Waals surface area contributed by atoms with Gasteiger partial charge in [0.1, 0.15) is 0 Å². The number of ether oxygens (including phenoxy) is 1. The average Bonchev–Trinajstić information content (AvgIpc) is 3.06. The van der Waals surface area contributed by atoms with Crippen molar-refractivity contribution >= 4 is 5.97 Å². The largest absolute Gasteiger partial charge is 0.469 e. The van der Waals surface area contributed by atoms with Crippen molar-refractivity contribution in [2.75, 3.05) is 7.11 Å². The lowest BCUT2D eigenvalue weighted by atomic mass is 9.43. The van der Waals surface area contributed by atoms with Crippen LogP contribution >= 0.6 is 0 Å². The van der Waals surface area contributed by atoms with Crippen LogP contribution in [0.15, 0.2) is 0 Å². The van der Waals surface area contributed by atoms with E-state index in [9.17, 15) is 20.1 Å². The van der Waals surface area contributed by atoms with E-state index >= 15 is 0 Å². The Morgan fingerprint density at radius 2 is 1.80 bits per heavy atom. The Bertz CT molecular complexity index is 651. The summed E-state index contributed by atoms with van der Waals surface area (Å²) in [5.41, 5.74) is -0.0882. The van der Waals surface area contributed by atoms with Gasteiger partial charge in [-0.05, 0) is 97.7 Å². The lowest BCUT2D eigenvalue weighted by molar-refractivity contribution is -0.207. The number of carbonyl (C=O) groups excluding carboxylic acids is 1. The van der Waals surface area contributed by atoms with Crippen molar-refractivity contribution < 1.29 is 24.9 Å². The number of hydrogen-bond acceptors (Lipinski definition) is 5. The van der Waals surface area contributed by atoms with Gasteiger partial charge in [0.05, 0.1) is 25.4 Å². The van der Waals surface area contributed by atoms with Crippen LogP contribution in [0, 0.1) is 46.3 Å². The summed E-state index contributed by atoms with van der Waals surface area (Å²) >= 11 is 0. The molecule has 4 aliphatic carbocycles. The monoisotopic (exact) mass is 422 g/mol. The maximum absolute atomic E-state index is 11.7. The SMILES string of the molecule is COC(=O)CC[C@@H](C)[C@H]1CC[C@H]2C3C(O)C[C@@H]4C[C@H](O)CC[C@]4(C)[C@H]3C[C@H](O)[C@]12C. The molecular weight excluding hydrogens is 380 g/mol. The van der Waals surface area contributed by atoms with Gasteiger partial charge in [0.15, 0.2) is 0 Å². The van der Waals surface area contributed by atoms with Crippen LogP contribution in [0.3, 0.4) is 0 Å². The van der Waals surface area contributed by atoms with Gasteiger partial charge in [0.2, 0.25) is 0 Å². The van der Waals surface area contributed by atoms with Crippen LogP contribution in [-0.4, -0.2) is 46.7 Å². The van der Waals surface area contributed by atoms with E-state index in [4.69, 9.17) is 4.74 Å². The molecule has 3 N–H and O–H groups in total. The molecule has 0 amide bonds. The van der Waals surface area contributed by atoms with Gasteiger partial charge in [0.25, 0.3) is 0 Å². The fourth-order valence-electron chi connectivity index (χ4n) is 8.78. The number of hydrogen-bond donors (Lipinski definition) is 3. The topological polar surface area (TPSA) is 87.0 Å². The van der Waals surface area contributed by atoms with Crippen molar-refractivity contribution in [3.8, 4) is 0 Å². The molecule has 4 fully saturated rings. The van der Waals surface area contributed by atoms with E-state index in [1.165, 1.54) is 7.11 Å². The van der Waals surface area contributed by atoms with E-state index in [-0.39, 0.29) is 41.0 Å². The van der Waals surface area contributed by atoms with E-state index in [2.05, 4.69) is 20.8 Å². The van der Waals surface area contributed by atoms with E-state index < -0.39 is 0 Å². The molecule has 0 aromatic carbocycles. The zero-order chi connectivity index (χ0) is 21.8. The average molecular weight is 423 g/mol. The Hall–Kier alpha value is -0.650. The summed E-state index contributed by atoms with van der Waals surface area (Å²) in [6, 6.07) is 0. The minimum atomic E-state index is -0.369. The highest BCUT2D eigenvalue weighted by Crippen LogP contribution is 2.68. The van der Waals surface area contributed by atoms with Gasteiger partial charge in [-0.25, -0.2) is 0 Å². The van der Waals surface area contributed by atoms with Gasteiger partial charge in [-0.3, -0.25) is 4.79 Å². The summed E-state index contributed by atoms with van der Waals surface area (Å²) < 4.78 is 4.83. The third kappa shape index (κ3) is 3.34. The van der Waals surface area contributed by atoms with Crippen molar-refractivity contribution in [2.24, 2.45) is 46.3 Å². The predicted molar refractivity (Wildman–Crippen MR) is 114 cm³/mol. The maximum atomic E-state index is 11.7. The number of fused-ring (bicyclic) bond motifs is 5. The number of esters is 1. The second-order valence-electron chi connectivity index (χ2n) is 11.6. The van der Waals surface area contributed by atoms with Crippen LogP contribution in [0.1, 0.15) is 78.6 Å². The Labute approximate surface area is 181 Å². The maximum Gasteiger partial charge on any atom is 0.305 e. The molecule has 0 saturated heterocycles. The van der Waals surface area contributed by atoms with Gasteiger partial charge in [-0.1, -0.05) is 20.8 Å². The summed E-state index contributed by atoms with van der Waals surface area (Å²) in [5.74, 6) is 1.81. The molecule has 5 nitrogen and oxygen atoms in total. The van der Waals surface area contributed by atoms with E-state index in [0.717, 1.165) is 51.4 Å². The Balaban J connectivity index is 1.58. The molecule has 4 saturated carbocycles. The Kier molecular flexibility index (Phi) is 6.04. The second-order valence-corrected chi connectivity index (χ2v) is 11.6. The molecule has 11 atom stereocenters. The van der Waals surface area contributed by atoms with E-state index in [1.807, 2.05) is 0 Å². The molecule has 0 heterocycles. The highest BCUT2D eigenvalue weighted by atomic mass is 16.5. The van der Waals surface area contributed by atoms with Crippen LogP contribution in [0.25, 0.3) is 0 Å². The summed E-state index contributed by atoms with van der Waals surface area (Å²) in [5, 5.41) is 33.1. The smallest absolute Gasteiger partial charge is 0.305 e. The molecule has 2 unspecified atom stereocenters. The highest BCUT2D eigenvalue weighted by Gasteiger charge is 2.65. The van der Waals surface area contributed by atoms with Crippen molar-refractivity contribution in [1.82, 2.24) is 0 Å². The summed E-state index contributed by atoms with van der Waals surface area (Å²) in [4.78, 5) is 11.7. The van der Waals surface area contributed by atoms with Crippen molar-refractivity contribution in [2.45, 2.75) is 96.9 Å². The van der Waals surface area contributed by atoms with Gasteiger partial charge >= 0.3 is 5.97 Å². The van der Waals surface area contributed by atoms with Gasteiger partial charge in [-0.15, -0.1) is 0 Å². The van der Waals surface area contributed by atoms with Crippen molar-refractivity contribution in [3.05, 3.63) is 0 Å². The Morgan fingerprint density at radius 3 is 2.50 bits per heavy atom. The van der Waals surface area contributed by atoms with Crippen LogP contribution in [0.2, 0.25) is 0 Å². The lowest BCUT2D eigenvalue weighted by Gasteiger charge is -2.63. The second kappa shape index (κ2) is 8.04. The first-order valence-electron chi connectivity index (χ1n) is 12.2. The van der Waals surface area contributed by atoms with Crippen LogP contribution in [-0.2, 0) is 9.53 Å². The molecule has 0 bridgehead atoms. The molecule has 0 aromatic rings. The van der Waals surface area contributed by atoms with E-state index in [0.29, 0.717) is 36.0 Å². The van der Waals surface area contributed by atoms with Crippen molar-refractivity contribution in [3.63, 3.8) is 0 Å². The van der Waals surface area contributed by atoms with E-state index in [1.54, 1.807) is 0 Å². The molecule has 0 spiro atoms.